The summed E-state index contributed by atoms with van der Waals surface area (Å²) in [5.74, 6) is 0. The summed E-state index contributed by atoms with van der Waals surface area (Å²) in [5, 5.41) is 11.0. The van der Waals surface area contributed by atoms with Crippen LogP contribution in [-0.2, 0) is 0 Å². The second-order valence-corrected chi connectivity index (χ2v) is 5.33. The molecule has 3 nitrogen and oxygen atoms in total. The predicted octanol–water partition coefficient (Wildman–Crippen LogP) is 2.46. The van der Waals surface area contributed by atoms with E-state index >= 15 is 0 Å². The van der Waals surface area contributed by atoms with Gasteiger partial charge < -0.3 is 4.90 Å². The fourth-order valence-corrected chi connectivity index (χ4v) is 1.96. The summed E-state index contributed by atoms with van der Waals surface area (Å²) in [7, 11) is 2.04. The fourth-order valence-electron chi connectivity index (χ4n) is 0.770. The first-order valence-electron chi connectivity index (χ1n) is 4.07. The average molecular weight is 264 g/mol. The molecule has 13 heavy (non-hydrogen) atoms. The zero-order valence-electron chi connectivity index (χ0n) is 8.33. The lowest BCUT2D eigenvalue weighted by Gasteiger charge is -2.33. The largest absolute Gasteiger partial charge is 0.344 e. The molecule has 1 rings (SSSR count). The Kier molecular flexibility index (Phi) is 3.29. The zero-order chi connectivity index (χ0) is 10.1. The van der Waals surface area contributed by atoms with Gasteiger partial charge in [-0.25, -0.2) is 0 Å². The number of halogens is 1. The van der Waals surface area contributed by atoms with E-state index in [-0.39, 0.29) is 5.54 Å². The third-order valence-corrected chi connectivity index (χ3v) is 4.32. The van der Waals surface area contributed by atoms with Crippen molar-refractivity contribution < 1.29 is 0 Å². The normalized spacial score (nSPS) is 11.8. The summed E-state index contributed by atoms with van der Waals surface area (Å²) in [6, 6.07) is 0. The standard InChI is InChI=1S/C8H14BrN3S/c1-6-10-11-7(13-6)12(4)8(2,3)5-9/h5H2,1-4H3. The van der Waals surface area contributed by atoms with Gasteiger partial charge in [-0.3, -0.25) is 0 Å². The Morgan fingerprint density at radius 2 is 2.08 bits per heavy atom. The number of hydrogen-bond donors (Lipinski definition) is 0. The molecule has 0 atom stereocenters. The molecule has 0 aliphatic carbocycles. The van der Waals surface area contributed by atoms with Crippen molar-refractivity contribution in [1.82, 2.24) is 10.2 Å². The number of alkyl halides is 1. The number of aryl methyl sites for hydroxylation is 1. The van der Waals surface area contributed by atoms with Crippen LogP contribution in [0.3, 0.4) is 0 Å². The Morgan fingerprint density at radius 3 is 2.46 bits per heavy atom. The van der Waals surface area contributed by atoms with Gasteiger partial charge in [-0.15, -0.1) is 10.2 Å². The van der Waals surface area contributed by atoms with Crippen LogP contribution in [0.1, 0.15) is 18.9 Å². The van der Waals surface area contributed by atoms with E-state index in [9.17, 15) is 0 Å². The van der Waals surface area contributed by atoms with Crippen molar-refractivity contribution in [2.75, 3.05) is 17.3 Å². The molecule has 0 saturated carbocycles. The second kappa shape index (κ2) is 3.92. The van der Waals surface area contributed by atoms with Gasteiger partial charge >= 0.3 is 0 Å². The van der Waals surface area contributed by atoms with E-state index in [1.165, 1.54) is 0 Å². The summed E-state index contributed by atoms with van der Waals surface area (Å²) in [4.78, 5) is 2.15. The number of rotatable bonds is 3. The highest BCUT2D eigenvalue weighted by molar-refractivity contribution is 9.09. The van der Waals surface area contributed by atoms with Gasteiger partial charge in [0.1, 0.15) is 5.01 Å². The fraction of sp³-hybridized carbons (Fsp3) is 0.750. The van der Waals surface area contributed by atoms with Crippen molar-refractivity contribution in [3.63, 3.8) is 0 Å². The Hall–Kier alpha value is -0.160. The Morgan fingerprint density at radius 1 is 1.46 bits per heavy atom. The molecule has 5 heteroatoms. The third kappa shape index (κ3) is 2.40. The SMILES string of the molecule is Cc1nnc(N(C)C(C)(C)CBr)s1. The minimum absolute atomic E-state index is 0.0754. The number of nitrogens with zero attached hydrogens (tertiary/aromatic N) is 3. The molecule has 0 aliphatic heterocycles. The van der Waals surface area contributed by atoms with Crippen LogP contribution in [0.15, 0.2) is 0 Å². The quantitative estimate of drug-likeness (QED) is 0.785. The summed E-state index contributed by atoms with van der Waals surface area (Å²) < 4.78 is 0. The molecule has 0 aromatic carbocycles. The number of hydrogen-bond acceptors (Lipinski definition) is 4. The zero-order valence-corrected chi connectivity index (χ0v) is 10.7. The van der Waals surface area contributed by atoms with Crippen LogP contribution in [0.2, 0.25) is 0 Å². The highest BCUT2D eigenvalue weighted by Gasteiger charge is 2.24. The Balaban J connectivity index is 2.84. The van der Waals surface area contributed by atoms with Crippen molar-refractivity contribution in [3.05, 3.63) is 5.01 Å². The highest BCUT2D eigenvalue weighted by atomic mass is 79.9. The van der Waals surface area contributed by atoms with E-state index in [0.717, 1.165) is 15.5 Å². The van der Waals surface area contributed by atoms with E-state index in [1.807, 2.05) is 14.0 Å². The average Bonchev–Trinajstić information content (AvgIpc) is 2.50. The summed E-state index contributed by atoms with van der Waals surface area (Å²) in [5.41, 5.74) is 0.0754. The molecule has 0 amide bonds. The molecule has 1 aromatic rings. The predicted molar refractivity (Wildman–Crippen MR) is 60.9 cm³/mol. The van der Waals surface area contributed by atoms with Crippen molar-refractivity contribution in [2.45, 2.75) is 26.3 Å². The minimum atomic E-state index is 0.0754. The highest BCUT2D eigenvalue weighted by Crippen LogP contribution is 2.26. The van der Waals surface area contributed by atoms with Crippen molar-refractivity contribution in [3.8, 4) is 0 Å². The third-order valence-electron chi connectivity index (χ3n) is 2.04. The summed E-state index contributed by atoms with van der Waals surface area (Å²) in [6.07, 6.45) is 0. The van der Waals surface area contributed by atoms with Gasteiger partial charge in [0.25, 0.3) is 0 Å². The van der Waals surface area contributed by atoms with E-state index < -0.39 is 0 Å². The van der Waals surface area contributed by atoms with Gasteiger partial charge in [-0.2, -0.15) is 0 Å². The van der Waals surface area contributed by atoms with Crippen LogP contribution >= 0.6 is 27.3 Å². The van der Waals surface area contributed by atoms with Crippen LogP contribution in [-0.4, -0.2) is 28.1 Å². The van der Waals surface area contributed by atoms with Gasteiger partial charge in [0.15, 0.2) is 0 Å². The molecule has 0 bridgehead atoms. The molecular weight excluding hydrogens is 250 g/mol. The second-order valence-electron chi connectivity index (χ2n) is 3.61. The first kappa shape index (κ1) is 10.9. The van der Waals surface area contributed by atoms with Crippen LogP contribution in [0, 0.1) is 6.92 Å². The van der Waals surface area contributed by atoms with Crippen molar-refractivity contribution >= 4 is 32.4 Å². The maximum Gasteiger partial charge on any atom is 0.208 e. The van der Waals surface area contributed by atoms with E-state index in [1.54, 1.807) is 11.3 Å². The molecule has 1 aromatic heterocycles. The van der Waals surface area contributed by atoms with Gasteiger partial charge in [0.2, 0.25) is 5.13 Å². The van der Waals surface area contributed by atoms with Gasteiger partial charge in [-0.1, -0.05) is 27.3 Å². The van der Waals surface area contributed by atoms with Gasteiger partial charge in [0, 0.05) is 17.9 Å². The maximum absolute atomic E-state index is 4.10. The maximum atomic E-state index is 4.10. The summed E-state index contributed by atoms with van der Waals surface area (Å²) in [6.45, 7) is 6.30. The lowest BCUT2D eigenvalue weighted by Crippen LogP contribution is -2.42. The number of aromatic nitrogens is 2. The molecular formula is C8H14BrN3S. The first-order valence-corrected chi connectivity index (χ1v) is 6.01. The minimum Gasteiger partial charge on any atom is -0.344 e. The van der Waals surface area contributed by atoms with Crippen LogP contribution in [0.4, 0.5) is 5.13 Å². The molecule has 0 saturated heterocycles. The monoisotopic (exact) mass is 263 g/mol. The first-order chi connectivity index (χ1) is 5.97. The lowest BCUT2D eigenvalue weighted by molar-refractivity contribution is 0.549. The topological polar surface area (TPSA) is 29.0 Å². The summed E-state index contributed by atoms with van der Waals surface area (Å²) >= 11 is 5.11. The van der Waals surface area contributed by atoms with E-state index in [4.69, 9.17) is 0 Å². The molecule has 0 spiro atoms. The van der Waals surface area contributed by atoms with E-state index in [2.05, 4.69) is 44.9 Å². The Bertz CT molecular complexity index is 285. The molecule has 0 N–H and O–H groups in total. The molecule has 74 valence electrons. The van der Waals surface area contributed by atoms with Crippen LogP contribution < -0.4 is 4.90 Å². The van der Waals surface area contributed by atoms with Crippen LogP contribution in [0.25, 0.3) is 0 Å². The van der Waals surface area contributed by atoms with Crippen molar-refractivity contribution in [1.29, 1.82) is 0 Å². The lowest BCUT2D eigenvalue weighted by atomic mass is 10.1. The molecule has 0 unspecified atom stereocenters. The van der Waals surface area contributed by atoms with Crippen LogP contribution in [0.5, 0.6) is 0 Å². The van der Waals surface area contributed by atoms with Gasteiger partial charge in [0.05, 0.1) is 0 Å². The van der Waals surface area contributed by atoms with Gasteiger partial charge in [-0.05, 0) is 20.8 Å². The molecule has 1 heterocycles. The van der Waals surface area contributed by atoms with Crippen molar-refractivity contribution in [2.24, 2.45) is 0 Å². The molecule has 0 aliphatic rings. The van der Waals surface area contributed by atoms with E-state index in [0.29, 0.717) is 0 Å². The molecule has 0 fully saturated rings. The molecule has 0 radical (unpaired) electrons. The smallest absolute Gasteiger partial charge is 0.208 e. The Labute approximate surface area is 91.3 Å². The number of anilines is 1.